The zero-order valence-corrected chi connectivity index (χ0v) is 10.4. The Hall–Kier alpha value is -2.30. The number of halogens is 2. The molecule has 0 atom stereocenters. The van der Waals surface area contributed by atoms with Crippen molar-refractivity contribution < 1.29 is 18.7 Å². The lowest BCUT2D eigenvalue weighted by Gasteiger charge is -2.08. The molecule has 1 fully saturated rings. The van der Waals surface area contributed by atoms with E-state index >= 15 is 0 Å². The van der Waals surface area contributed by atoms with Crippen LogP contribution in [-0.2, 0) is 0 Å². The summed E-state index contributed by atoms with van der Waals surface area (Å²) >= 11 is 0. The fourth-order valence-corrected chi connectivity index (χ4v) is 2.17. The second-order valence-electron chi connectivity index (χ2n) is 4.83. The standard InChI is InChI=1S/C15H11F2NO2/c16-9-3-4-10(12(17)7-9)13-6-5-11(15(19)20)14(18-13)8-1-2-8/h3-8H,1-2H2,(H,19,20). The van der Waals surface area contributed by atoms with Gasteiger partial charge in [-0.1, -0.05) is 0 Å². The number of carboxylic acid groups (broad SMARTS) is 1. The number of aromatic carboxylic acids is 1. The summed E-state index contributed by atoms with van der Waals surface area (Å²) in [6.45, 7) is 0. The maximum absolute atomic E-state index is 13.7. The number of pyridine rings is 1. The first kappa shape index (κ1) is 12.7. The van der Waals surface area contributed by atoms with Crippen LogP contribution in [0.25, 0.3) is 11.3 Å². The number of benzene rings is 1. The van der Waals surface area contributed by atoms with Gasteiger partial charge in [0.05, 0.1) is 17.0 Å². The minimum Gasteiger partial charge on any atom is -0.478 e. The smallest absolute Gasteiger partial charge is 0.337 e. The van der Waals surface area contributed by atoms with Crippen LogP contribution in [0.5, 0.6) is 0 Å². The number of hydrogen-bond acceptors (Lipinski definition) is 2. The SMILES string of the molecule is O=C(O)c1ccc(-c2ccc(F)cc2F)nc1C1CC1. The van der Waals surface area contributed by atoms with Gasteiger partial charge in [0, 0.05) is 17.5 Å². The summed E-state index contributed by atoms with van der Waals surface area (Å²) in [6, 6.07) is 6.14. The van der Waals surface area contributed by atoms with Crippen molar-refractivity contribution in [3.05, 3.63) is 53.2 Å². The number of nitrogens with zero attached hydrogens (tertiary/aromatic N) is 1. The zero-order valence-electron chi connectivity index (χ0n) is 10.4. The molecule has 1 heterocycles. The van der Waals surface area contributed by atoms with E-state index in [-0.39, 0.29) is 17.0 Å². The van der Waals surface area contributed by atoms with E-state index in [1.807, 2.05) is 0 Å². The van der Waals surface area contributed by atoms with Crippen LogP contribution in [0.3, 0.4) is 0 Å². The summed E-state index contributed by atoms with van der Waals surface area (Å²) in [5.41, 5.74) is 1.14. The van der Waals surface area contributed by atoms with E-state index in [0.717, 1.165) is 25.0 Å². The maximum atomic E-state index is 13.7. The van der Waals surface area contributed by atoms with Gasteiger partial charge < -0.3 is 5.11 Å². The fourth-order valence-electron chi connectivity index (χ4n) is 2.17. The number of carbonyl (C=O) groups is 1. The van der Waals surface area contributed by atoms with Gasteiger partial charge in [0.1, 0.15) is 11.6 Å². The number of hydrogen-bond donors (Lipinski definition) is 1. The van der Waals surface area contributed by atoms with Crippen molar-refractivity contribution in [3.63, 3.8) is 0 Å². The van der Waals surface area contributed by atoms with Gasteiger partial charge in [0.15, 0.2) is 0 Å². The van der Waals surface area contributed by atoms with Crippen LogP contribution in [0.15, 0.2) is 30.3 Å². The van der Waals surface area contributed by atoms with E-state index < -0.39 is 17.6 Å². The van der Waals surface area contributed by atoms with Crippen LogP contribution in [-0.4, -0.2) is 16.1 Å². The van der Waals surface area contributed by atoms with Crippen LogP contribution in [0.1, 0.15) is 34.8 Å². The topological polar surface area (TPSA) is 50.2 Å². The Morgan fingerprint density at radius 1 is 1.20 bits per heavy atom. The molecule has 0 spiro atoms. The second kappa shape index (κ2) is 4.67. The predicted octanol–water partition coefficient (Wildman–Crippen LogP) is 3.60. The van der Waals surface area contributed by atoms with Gasteiger partial charge in [0.25, 0.3) is 0 Å². The summed E-state index contributed by atoms with van der Waals surface area (Å²) < 4.78 is 26.7. The molecule has 3 rings (SSSR count). The highest BCUT2D eigenvalue weighted by molar-refractivity contribution is 5.89. The van der Waals surface area contributed by atoms with Crippen LogP contribution in [0.4, 0.5) is 8.78 Å². The van der Waals surface area contributed by atoms with E-state index in [1.54, 1.807) is 0 Å². The highest BCUT2D eigenvalue weighted by atomic mass is 19.1. The van der Waals surface area contributed by atoms with Gasteiger partial charge in [-0.15, -0.1) is 0 Å². The Morgan fingerprint density at radius 2 is 1.95 bits per heavy atom. The average Bonchev–Trinajstić information content (AvgIpc) is 3.22. The van der Waals surface area contributed by atoms with Crippen molar-refractivity contribution in [2.45, 2.75) is 18.8 Å². The van der Waals surface area contributed by atoms with Crippen molar-refractivity contribution in [1.82, 2.24) is 4.98 Å². The molecule has 0 bridgehead atoms. The van der Waals surface area contributed by atoms with Crippen LogP contribution in [0, 0.1) is 11.6 Å². The first-order chi connectivity index (χ1) is 9.56. The monoisotopic (exact) mass is 275 g/mol. The Kier molecular flexibility index (Phi) is 2.97. The minimum absolute atomic E-state index is 0.129. The van der Waals surface area contributed by atoms with Gasteiger partial charge in [0.2, 0.25) is 0 Å². The minimum atomic E-state index is -1.04. The zero-order chi connectivity index (χ0) is 14.3. The molecule has 1 N–H and O–H groups in total. The van der Waals surface area contributed by atoms with Crippen molar-refractivity contribution in [1.29, 1.82) is 0 Å². The largest absolute Gasteiger partial charge is 0.478 e. The van der Waals surface area contributed by atoms with Crippen LogP contribution < -0.4 is 0 Å². The third kappa shape index (κ3) is 2.27. The second-order valence-corrected chi connectivity index (χ2v) is 4.83. The molecule has 5 heteroatoms. The molecule has 0 unspecified atom stereocenters. The van der Waals surface area contributed by atoms with E-state index in [2.05, 4.69) is 4.98 Å². The lowest BCUT2D eigenvalue weighted by molar-refractivity contribution is 0.0695. The van der Waals surface area contributed by atoms with E-state index in [0.29, 0.717) is 11.4 Å². The predicted molar refractivity (Wildman–Crippen MR) is 68.5 cm³/mol. The van der Waals surface area contributed by atoms with Gasteiger partial charge in [-0.05, 0) is 37.1 Å². The summed E-state index contributed by atoms with van der Waals surface area (Å²) in [7, 11) is 0. The third-order valence-corrected chi connectivity index (χ3v) is 3.33. The van der Waals surface area contributed by atoms with Gasteiger partial charge in [-0.25, -0.2) is 13.6 Å². The molecule has 3 nitrogen and oxygen atoms in total. The molecule has 1 aromatic heterocycles. The Labute approximate surface area is 113 Å². The first-order valence-corrected chi connectivity index (χ1v) is 6.26. The van der Waals surface area contributed by atoms with E-state index in [9.17, 15) is 13.6 Å². The van der Waals surface area contributed by atoms with Crippen molar-refractivity contribution >= 4 is 5.97 Å². The molecule has 0 amide bonds. The van der Waals surface area contributed by atoms with Crippen molar-refractivity contribution in [3.8, 4) is 11.3 Å². The molecule has 0 aliphatic heterocycles. The highest BCUT2D eigenvalue weighted by Gasteiger charge is 2.30. The summed E-state index contributed by atoms with van der Waals surface area (Å²) in [5, 5.41) is 9.13. The Balaban J connectivity index is 2.10. The molecule has 1 aliphatic carbocycles. The number of aromatic nitrogens is 1. The van der Waals surface area contributed by atoms with Gasteiger partial charge in [-0.2, -0.15) is 0 Å². The number of carboxylic acids is 1. The molecule has 2 aromatic rings. The summed E-state index contributed by atoms with van der Waals surface area (Å²) in [5.74, 6) is -2.27. The Morgan fingerprint density at radius 3 is 2.55 bits per heavy atom. The van der Waals surface area contributed by atoms with Gasteiger partial charge >= 0.3 is 5.97 Å². The maximum Gasteiger partial charge on any atom is 0.337 e. The molecule has 102 valence electrons. The van der Waals surface area contributed by atoms with Crippen LogP contribution >= 0.6 is 0 Å². The third-order valence-electron chi connectivity index (χ3n) is 3.33. The quantitative estimate of drug-likeness (QED) is 0.931. The number of rotatable bonds is 3. The van der Waals surface area contributed by atoms with Crippen molar-refractivity contribution in [2.75, 3.05) is 0 Å². The fraction of sp³-hybridized carbons (Fsp3) is 0.200. The molecule has 1 aromatic carbocycles. The first-order valence-electron chi connectivity index (χ1n) is 6.26. The molecular formula is C15H11F2NO2. The Bertz CT molecular complexity index is 696. The molecular weight excluding hydrogens is 264 g/mol. The molecule has 0 radical (unpaired) electrons. The normalized spacial score (nSPS) is 14.3. The highest BCUT2D eigenvalue weighted by Crippen LogP contribution is 2.41. The summed E-state index contributed by atoms with van der Waals surface area (Å²) in [4.78, 5) is 15.4. The lowest BCUT2D eigenvalue weighted by Crippen LogP contribution is -2.05. The van der Waals surface area contributed by atoms with Gasteiger partial charge in [-0.3, -0.25) is 4.98 Å². The summed E-state index contributed by atoms with van der Waals surface area (Å²) in [6.07, 6.45) is 1.78. The lowest BCUT2D eigenvalue weighted by atomic mass is 10.1. The van der Waals surface area contributed by atoms with E-state index in [1.165, 1.54) is 18.2 Å². The van der Waals surface area contributed by atoms with Crippen molar-refractivity contribution in [2.24, 2.45) is 0 Å². The average molecular weight is 275 g/mol. The molecule has 0 saturated heterocycles. The van der Waals surface area contributed by atoms with Crippen LogP contribution in [0.2, 0.25) is 0 Å². The molecule has 20 heavy (non-hydrogen) atoms. The molecule has 1 aliphatic rings. The van der Waals surface area contributed by atoms with E-state index in [4.69, 9.17) is 5.11 Å². The molecule has 1 saturated carbocycles.